The van der Waals surface area contributed by atoms with Crippen LogP contribution in [-0.2, 0) is 21.2 Å². The average Bonchev–Trinajstić information content (AvgIpc) is 3.00. The van der Waals surface area contributed by atoms with Crippen molar-refractivity contribution in [2.45, 2.75) is 17.7 Å². The Morgan fingerprint density at radius 3 is 2.02 bits per heavy atom. The van der Waals surface area contributed by atoms with Crippen molar-refractivity contribution < 1.29 is 37.3 Å². The van der Waals surface area contributed by atoms with E-state index in [1.54, 1.807) is 48.5 Å². The molecule has 11 heteroatoms. The number of fused-ring (bicyclic) bond motifs is 2. The molecule has 1 amide bonds. The van der Waals surface area contributed by atoms with Crippen LogP contribution in [0.2, 0.25) is 0 Å². The van der Waals surface area contributed by atoms with E-state index in [4.69, 9.17) is 19.3 Å². The summed E-state index contributed by atoms with van der Waals surface area (Å²) in [7, 11) is -1.78. The number of aryl methyl sites for hydroxylation is 1. The smallest absolute Gasteiger partial charge is 0.434 e. The first kappa shape index (κ1) is 28.4. The highest BCUT2D eigenvalue weighted by Gasteiger charge is 2.36. The molecule has 0 atom stereocenters. The van der Waals surface area contributed by atoms with Crippen LogP contribution >= 0.6 is 0 Å². The summed E-state index contributed by atoms with van der Waals surface area (Å²) in [6.07, 6.45) is -1.09. The number of carboxylic acids is 1. The molecule has 0 aliphatic heterocycles. The quantitative estimate of drug-likeness (QED) is 0.212. The van der Waals surface area contributed by atoms with E-state index < -0.39 is 22.1 Å². The molecule has 5 rings (SSSR count). The number of anilines is 1. The Morgan fingerprint density at radius 2 is 1.45 bits per heavy atom. The molecular weight excluding hydrogens is 560 g/mol. The molecule has 0 radical (unpaired) electrons. The lowest BCUT2D eigenvalue weighted by Crippen LogP contribution is -2.39. The molecule has 1 heterocycles. The summed E-state index contributed by atoms with van der Waals surface area (Å²) in [6, 6.07) is 24.1. The molecule has 0 unspecified atom stereocenters. The minimum Gasteiger partial charge on any atom is -0.497 e. The number of methoxy groups -OCH3 is 2. The van der Waals surface area contributed by atoms with Crippen molar-refractivity contribution >= 4 is 49.6 Å². The van der Waals surface area contributed by atoms with E-state index in [2.05, 4.69) is 4.98 Å². The van der Waals surface area contributed by atoms with Crippen LogP contribution in [0.5, 0.6) is 17.2 Å². The van der Waals surface area contributed by atoms with Gasteiger partial charge in [-0.2, -0.15) is 4.31 Å². The summed E-state index contributed by atoms with van der Waals surface area (Å²) in [6.45, 7) is 0. The van der Waals surface area contributed by atoms with Gasteiger partial charge in [0.25, 0.3) is 10.0 Å². The fraction of sp³-hybridized carbons (Fsp3) is 0.129. The van der Waals surface area contributed by atoms with Crippen molar-refractivity contribution in [3.05, 3.63) is 96.6 Å². The van der Waals surface area contributed by atoms with E-state index >= 15 is 0 Å². The third kappa shape index (κ3) is 5.54. The number of nitrogens with zero attached hydrogens (tertiary/aromatic N) is 2. The fourth-order valence-corrected chi connectivity index (χ4v) is 5.84. The van der Waals surface area contributed by atoms with Gasteiger partial charge in [-0.3, -0.25) is 4.79 Å². The van der Waals surface area contributed by atoms with Crippen LogP contribution in [0.3, 0.4) is 0 Å². The number of para-hydroxylation sites is 2. The van der Waals surface area contributed by atoms with Crippen LogP contribution in [0.4, 0.5) is 10.5 Å². The molecule has 42 heavy (non-hydrogen) atoms. The van der Waals surface area contributed by atoms with Gasteiger partial charge in [0.15, 0.2) is 5.75 Å². The van der Waals surface area contributed by atoms with E-state index in [0.29, 0.717) is 37.4 Å². The molecule has 0 saturated carbocycles. The summed E-state index contributed by atoms with van der Waals surface area (Å²) >= 11 is 0. The SMILES string of the molecule is COc1ccc(N(C(=O)Oc2c3ccccc3nc3ccccc23)S(=O)(=O)c2ccc(CCC(=O)O)cc2)c(OC)c1. The number of amides is 1. The lowest BCUT2D eigenvalue weighted by Gasteiger charge is -2.24. The van der Waals surface area contributed by atoms with Crippen LogP contribution in [0, 0.1) is 0 Å². The van der Waals surface area contributed by atoms with Gasteiger partial charge in [0.1, 0.15) is 17.2 Å². The second kappa shape index (κ2) is 11.8. The molecule has 1 aromatic heterocycles. The Labute approximate surface area is 241 Å². The van der Waals surface area contributed by atoms with Crippen molar-refractivity contribution in [2.24, 2.45) is 0 Å². The third-order valence-corrected chi connectivity index (χ3v) is 8.28. The largest absolute Gasteiger partial charge is 0.497 e. The zero-order valence-corrected chi connectivity index (χ0v) is 23.5. The Morgan fingerprint density at radius 1 is 0.833 bits per heavy atom. The molecule has 214 valence electrons. The number of rotatable bonds is 9. The summed E-state index contributed by atoms with van der Waals surface area (Å²) in [4.78, 5) is 29.4. The molecule has 0 bridgehead atoms. The number of carbonyl (C=O) groups is 2. The number of ether oxygens (including phenoxy) is 3. The maximum atomic E-state index is 14.1. The summed E-state index contributed by atoms with van der Waals surface area (Å²) < 4.78 is 45.4. The first-order valence-electron chi connectivity index (χ1n) is 12.8. The molecule has 0 aliphatic carbocycles. The van der Waals surface area contributed by atoms with Gasteiger partial charge in [-0.15, -0.1) is 0 Å². The molecule has 0 fully saturated rings. The van der Waals surface area contributed by atoms with Crippen LogP contribution in [0.25, 0.3) is 21.8 Å². The monoisotopic (exact) mass is 586 g/mol. The van der Waals surface area contributed by atoms with Crippen molar-refractivity contribution in [1.82, 2.24) is 4.98 Å². The lowest BCUT2D eigenvalue weighted by molar-refractivity contribution is -0.136. The normalized spacial score (nSPS) is 11.3. The first-order chi connectivity index (χ1) is 20.2. The van der Waals surface area contributed by atoms with Gasteiger partial charge in [-0.1, -0.05) is 36.4 Å². The number of carboxylic acid groups (broad SMARTS) is 1. The number of hydrogen-bond acceptors (Lipinski definition) is 8. The van der Waals surface area contributed by atoms with Crippen LogP contribution in [0.15, 0.2) is 95.9 Å². The van der Waals surface area contributed by atoms with E-state index in [0.717, 1.165) is 0 Å². The highest BCUT2D eigenvalue weighted by Crippen LogP contribution is 2.38. The number of aliphatic carboxylic acids is 1. The Balaban J connectivity index is 1.64. The highest BCUT2D eigenvalue weighted by molar-refractivity contribution is 7.93. The predicted molar refractivity (Wildman–Crippen MR) is 157 cm³/mol. The molecule has 10 nitrogen and oxygen atoms in total. The molecular formula is C31H26N2O8S. The summed E-state index contributed by atoms with van der Waals surface area (Å²) in [5.41, 5.74) is 1.66. The van der Waals surface area contributed by atoms with Gasteiger partial charge < -0.3 is 19.3 Å². The van der Waals surface area contributed by atoms with Gasteiger partial charge in [0.05, 0.1) is 30.1 Å². The second-order valence-corrected chi connectivity index (χ2v) is 11.0. The Bertz CT molecular complexity index is 1850. The molecule has 5 aromatic rings. The summed E-state index contributed by atoms with van der Waals surface area (Å²) in [5, 5.41) is 10.0. The number of carbonyl (C=O) groups excluding carboxylic acids is 1. The molecule has 0 spiro atoms. The first-order valence-corrected chi connectivity index (χ1v) is 14.2. The zero-order valence-electron chi connectivity index (χ0n) is 22.7. The van der Waals surface area contributed by atoms with Crippen molar-refractivity contribution in [1.29, 1.82) is 0 Å². The molecule has 0 saturated heterocycles. The number of aromatic nitrogens is 1. The number of pyridine rings is 1. The Hall–Kier alpha value is -5.16. The third-order valence-electron chi connectivity index (χ3n) is 6.59. The predicted octanol–water partition coefficient (Wildman–Crippen LogP) is 5.82. The van der Waals surface area contributed by atoms with Crippen molar-refractivity contribution in [2.75, 3.05) is 18.5 Å². The van der Waals surface area contributed by atoms with Gasteiger partial charge in [-0.25, -0.2) is 18.2 Å². The van der Waals surface area contributed by atoms with E-state index in [1.807, 2.05) is 0 Å². The molecule has 4 aromatic carbocycles. The standard InChI is InChI=1S/C31H26N2O8S/c1-39-21-14-17-27(28(19-21)40-2)33(42(37,38)22-15-11-20(12-16-22)13-18-29(34)35)31(36)41-30-23-7-3-5-9-25(23)32-26-10-6-4-8-24(26)30/h3-12,14-17,19H,13,18H2,1-2H3,(H,34,35). The van der Waals surface area contributed by atoms with Gasteiger partial charge in [0.2, 0.25) is 0 Å². The summed E-state index contributed by atoms with van der Waals surface area (Å²) in [5.74, 6) is -0.381. The highest BCUT2D eigenvalue weighted by atomic mass is 32.2. The van der Waals surface area contributed by atoms with Crippen LogP contribution < -0.4 is 18.5 Å². The molecule has 0 aliphatic rings. The second-order valence-electron chi connectivity index (χ2n) is 9.19. The van der Waals surface area contributed by atoms with E-state index in [1.165, 1.54) is 56.7 Å². The zero-order chi connectivity index (χ0) is 29.9. The number of sulfonamides is 1. The average molecular weight is 587 g/mol. The van der Waals surface area contributed by atoms with Crippen LogP contribution in [0.1, 0.15) is 12.0 Å². The van der Waals surface area contributed by atoms with Crippen LogP contribution in [-0.4, -0.2) is 44.8 Å². The lowest BCUT2D eigenvalue weighted by atomic mass is 10.1. The van der Waals surface area contributed by atoms with E-state index in [9.17, 15) is 18.0 Å². The number of hydrogen-bond donors (Lipinski definition) is 1. The fourth-order valence-electron chi connectivity index (χ4n) is 4.50. The van der Waals surface area contributed by atoms with Gasteiger partial charge in [-0.05, 0) is 60.5 Å². The Kier molecular flexibility index (Phi) is 7.94. The minimum absolute atomic E-state index is 0.0531. The van der Waals surface area contributed by atoms with E-state index in [-0.39, 0.29) is 34.9 Å². The maximum Gasteiger partial charge on any atom is 0.434 e. The number of benzene rings is 4. The topological polar surface area (TPSA) is 132 Å². The van der Waals surface area contributed by atoms with Crippen molar-refractivity contribution in [3.63, 3.8) is 0 Å². The molecule has 1 N–H and O–H groups in total. The van der Waals surface area contributed by atoms with Gasteiger partial charge >= 0.3 is 12.1 Å². The van der Waals surface area contributed by atoms with Gasteiger partial charge in [0, 0.05) is 23.3 Å². The van der Waals surface area contributed by atoms with Crippen molar-refractivity contribution in [3.8, 4) is 17.2 Å². The maximum absolute atomic E-state index is 14.1. The minimum atomic E-state index is -4.57.